The zero-order chi connectivity index (χ0) is 17.5. The van der Waals surface area contributed by atoms with Crippen molar-refractivity contribution in [3.63, 3.8) is 0 Å². The number of nitrogens with one attached hydrogen (secondary N) is 1. The van der Waals surface area contributed by atoms with Crippen LogP contribution in [0.1, 0.15) is 29.3 Å². The molecule has 0 aromatic heterocycles. The molecule has 0 spiro atoms. The van der Waals surface area contributed by atoms with Crippen LogP contribution in [0.4, 0.5) is 0 Å². The van der Waals surface area contributed by atoms with E-state index in [-0.39, 0.29) is 24.3 Å². The van der Waals surface area contributed by atoms with Crippen molar-refractivity contribution in [1.82, 2.24) is 5.32 Å². The molecule has 24 heavy (non-hydrogen) atoms. The number of benzene rings is 2. The van der Waals surface area contributed by atoms with Gasteiger partial charge in [-0.1, -0.05) is 36.4 Å². The lowest BCUT2D eigenvalue weighted by atomic mass is 9.95. The van der Waals surface area contributed by atoms with Gasteiger partial charge in [-0.25, -0.2) is 0 Å². The summed E-state index contributed by atoms with van der Waals surface area (Å²) in [5, 5.41) is 12.1. The summed E-state index contributed by atoms with van der Waals surface area (Å²) in [6.07, 6.45) is 0.0964. The molecule has 2 aromatic rings. The van der Waals surface area contributed by atoms with Crippen molar-refractivity contribution < 1.29 is 14.3 Å². The van der Waals surface area contributed by atoms with Gasteiger partial charge in [-0.05, 0) is 24.6 Å². The van der Waals surface area contributed by atoms with Gasteiger partial charge in [0.2, 0.25) is 0 Å². The maximum absolute atomic E-state index is 12.6. The van der Waals surface area contributed by atoms with Crippen LogP contribution in [0.5, 0.6) is 0 Å². The molecule has 0 aliphatic rings. The van der Waals surface area contributed by atoms with Crippen LogP contribution in [-0.4, -0.2) is 25.0 Å². The van der Waals surface area contributed by atoms with Crippen molar-refractivity contribution in [2.75, 3.05) is 7.11 Å². The number of nitrogens with zero attached hydrogens (tertiary/aromatic N) is 1. The van der Waals surface area contributed by atoms with Crippen LogP contribution in [0, 0.1) is 11.3 Å². The lowest BCUT2D eigenvalue weighted by Crippen LogP contribution is -2.34. The number of hydrogen-bond donors (Lipinski definition) is 1. The third kappa shape index (κ3) is 3.99. The molecule has 1 unspecified atom stereocenters. The van der Waals surface area contributed by atoms with Crippen LogP contribution in [0.3, 0.4) is 0 Å². The summed E-state index contributed by atoms with van der Waals surface area (Å²) in [4.78, 5) is 23.9. The van der Waals surface area contributed by atoms with Gasteiger partial charge >= 0.3 is 5.97 Å². The quantitative estimate of drug-likeness (QED) is 0.858. The lowest BCUT2D eigenvalue weighted by molar-refractivity contribution is -0.141. The Balaban J connectivity index is 2.31. The highest BCUT2D eigenvalue weighted by Gasteiger charge is 2.17. The van der Waals surface area contributed by atoms with E-state index in [0.29, 0.717) is 22.3 Å². The van der Waals surface area contributed by atoms with Gasteiger partial charge in [0.05, 0.1) is 25.2 Å². The van der Waals surface area contributed by atoms with Gasteiger partial charge in [0, 0.05) is 17.2 Å². The molecule has 0 saturated carbocycles. The van der Waals surface area contributed by atoms with Crippen molar-refractivity contribution in [2.45, 2.75) is 19.4 Å². The second kappa shape index (κ2) is 7.93. The van der Waals surface area contributed by atoms with E-state index in [0.717, 1.165) is 0 Å². The van der Waals surface area contributed by atoms with Crippen molar-refractivity contribution in [3.05, 3.63) is 59.7 Å². The number of rotatable bonds is 5. The molecule has 122 valence electrons. The van der Waals surface area contributed by atoms with Gasteiger partial charge < -0.3 is 10.1 Å². The number of carbonyl (C=O) groups is 2. The zero-order valence-electron chi connectivity index (χ0n) is 13.6. The van der Waals surface area contributed by atoms with E-state index in [1.807, 2.05) is 18.2 Å². The first-order valence-electron chi connectivity index (χ1n) is 7.53. The van der Waals surface area contributed by atoms with E-state index < -0.39 is 0 Å². The summed E-state index contributed by atoms with van der Waals surface area (Å²) >= 11 is 0. The second-order valence-corrected chi connectivity index (χ2v) is 5.36. The largest absolute Gasteiger partial charge is 0.469 e. The Bertz CT molecular complexity index is 793. The molecule has 5 nitrogen and oxygen atoms in total. The molecule has 1 atom stereocenters. The predicted molar refractivity (Wildman–Crippen MR) is 90.2 cm³/mol. The van der Waals surface area contributed by atoms with Crippen LogP contribution in [-0.2, 0) is 9.53 Å². The summed E-state index contributed by atoms with van der Waals surface area (Å²) in [6.45, 7) is 1.74. The fraction of sp³-hybridized carbons (Fsp3) is 0.211. The number of carbonyl (C=O) groups excluding carboxylic acids is 2. The fourth-order valence-corrected chi connectivity index (χ4v) is 2.42. The number of amides is 1. The molecular formula is C19H18N2O3. The average molecular weight is 322 g/mol. The normalized spacial score (nSPS) is 11.2. The first-order valence-corrected chi connectivity index (χ1v) is 7.53. The van der Waals surface area contributed by atoms with Gasteiger partial charge in [0.1, 0.15) is 0 Å². The highest BCUT2D eigenvalue weighted by molar-refractivity contribution is 6.01. The van der Waals surface area contributed by atoms with E-state index >= 15 is 0 Å². The van der Waals surface area contributed by atoms with Gasteiger partial charge in [0.15, 0.2) is 0 Å². The van der Waals surface area contributed by atoms with Crippen molar-refractivity contribution in [1.29, 1.82) is 5.26 Å². The van der Waals surface area contributed by atoms with E-state index in [1.54, 1.807) is 37.3 Å². The summed E-state index contributed by atoms with van der Waals surface area (Å²) in [5.41, 5.74) is 2.33. The molecule has 1 N–H and O–H groups in total. The minimum absolute atomic E-state index is 0.0964. The SMILES string of the molecule is COC(=O)CC(C)NC(=O)c1ccccc1-c1ccccc1C#N. The first kappa shape index (κ1) is 17.2. The summed E-state index contributed by atoms with van der Waals surface area (Å²) in [6, 6.07) is 16.0. The molecular weight excluding hydrogens is 304 g/mol. The number of esters is 1. The lowest BCUT2D eigenvalue weighted by Gasteiger charge is -2.15. The van der Waals surface area contributed by atoms with Crippen molar-refractivity contribution in [3.8, 4) is 17.2 Å². The Labute approximate surface area is 140 Å². The number of hydrogen-bond acceptors (Lipinski definition) is 4. The van der Waals surface area contributed by atoms with Gasteiger partial charge in [-0.3, -0.25) is 9.59 Å². The Morgan fingerprint density at radius 3 is 2.42 bits per heavy atom. The van der Waals surface area contributed by atoms with E-state index in [1.165, 1.54) is 7.11 Å². The third-order valence-electron chi connectivity index (χ3n) is 3.59. The molecule has 0 saturated heterocycles. The predicted octanol–water partition coefficient (Wildman–Crippen LogP) is 2.91. The van der Waals surface area contributed by atoms with Crippen LogP contribution in [0.25, 0.3) is 11.1 Å². The van der Waals surface area contributed by atoms with Gasteiger partial charge in [-0.15, -0.1) is 0 Å². The molecule has 0 bridgehead atoms. The minimum Gasteiger partial charge on any atom is -0.469 e. The summed E-state index contributed by atoms with van der Waals surface area (Å²) in [5.74, 6) is -0.680. The highest BCUT2D eigenvalue weighted by Crippen LogP contribution is 2.26. The molecule has 0 heterocycles. The van der Waals surface area contributed by atoms with Crippen LogP contribution in [0.15, 0.2) is 48.5 Å². The molecule has 0 fully saturated rings. The van der Waals surface area contributed by atoms with Crippen molar-refractivity contribution >= 4 is 11.9 Å². The molecule has 0 aliphatic heterocycles. The molecule has 2 rings (SSSR count). The molecule has 2 aromatic carbocycles. The smallest absolute Gasteiger partial charge is 0.307 e. The Morgan fingerprint density at radius 2 is 1.75 bits per heavy atom. The standard InChI is InChI=1S/C19H18N2O3/c1-13(11-18(22)24-2)21-19(23)17-10-6-5-9-16(17)15-8-4-3-7-14(15)12-20/h3-10,13H,11H2,1-2H3,(H,21,23). The Hall–Kier alpha value is -3.13. The molecule has 0 aliphatic carbocycles. The Kier molecular flexibility index (Phi) is 5.69. The van der Waals surface area contributed by atoms with E-state index in [9.17, 15) is 14.9 Å². The average Bonchev–Trinajstić information content (AvgIpc) is 2.61. The molecule has 5 heteroatoms. The van der Waals surface area contributed by atoms with Crippen LogP contribution >= 0.6 is 0 Å². The van der Waals surface area contributed by atoms with E-state index in [4.69, 9.17) is 0 Å². The van der Waals surface area contributed by atoms with Gasteiger partial charge in [0.25, 0.3) is 5.91 Å². The minimum atomic E-state index is -0.383. The third-order valence-corrected chi connectivity index (χ3v) is 3.59. The Morgan fingerprint density at radius 1 is 1.12 bits per heavy atom. The maximum Gasteiger partial charge on any atom is 0.307 e. The first-order chi connectivity index (χ1) is 11.6. The summed E-state index contributed by atoms with van der Waals surface area (Å²) in [7, 11) is 1.31. The highest BCUT2D eigenvalue weighted by atomic mass is 16.5. The number of nitriles is 1. The maximum atomic E-state index is 12.6. The monoisotopic (exact) mass is 322 g/mol. The number of methoxy groups -OCH3 is 1. The van der Waals surface area contributed by atoms with Crippen LogP contribution < -0.4 is 5.32 Å². The van der Waals surface area contributed by atoms with Crippen LogP contribution in [0.2, 0.25) is 0 Å². The zero-order valence-corrected chi connectivity index (χ0v) is 13.6. The van der Waals surface area contributed by atoms with Crippen molar-refractivity contribution in [2.24, 2.45) is 0 Å². The topological polar surface area (TPSA) is 79.2 Å². The fourth-order valence-electron chi connectivity index (χ4n) is 2.42. The second-order valence-electron chi connectivity index (χ2n) is 5.36. The molecule has 0 radical (unpaired) electrons. The number of ether oxygens (including phenoxy) is 1. The van der Waals surface area contributed by atoms with Gasteiger partial charge in [-0.2, -0.15) is 5.26 Å². The molecule has 1 amide bonds. The van der Waals surface area contributed by atoms with E-state index in [2.05, 4.69) is 16.1 Å². The summed E-state index contributed by atoms with van der Waals surface area (Å²) < 4.78 is 4.61.